The van der Waals surface area contributed by atoms with Gasteiger partial charge in [-0.15, -0.1) is 0 Å². The van der Waals surface area contributed by atoms with E-state index in [0.717, 1.165) is 6.07 Å². The average Bonchev–Trinajstić information content (AvgIpc) is 2.72. The molecule has 17 heavy (non-hydrogen) atoms. The molecule has 0 amide bonds. The summed E-state index contributed by atoms with van der Waals surface area (Å²) >= 11 is 0. The molecule has 0 bridgehead atoms. The van der Waals surface area contributed by atoms with Crippen molar-refractivity contribution in [2.45, 2.75) is 17.4 Å². The fourth-order valence-electron chi connectivity index (χ4n) is 1.76. The van der Waals surface area contributed by atoms with Crippen molar-refractivity contribution in [2.75, 3.05) is 13.6 Å². The van der Waals surface area contributed by atoms with Gasteiger partial charge in [-0.05, 0) is 19.2 Å². The molecule has 0 aliphatic carbocycles. The van der Waals surface area contributed by atoms with Crippen LogP contribution in [0.25, 0.3) is 0 Å². The highest BCUT2D eigenvalue weighted by atomic mass is 32.2. The molecule has 94 valence electrons. The van der Waals surface area contributed by atoms with Crippen LogP contribution in [0.1, 0.15) is 5.56 Å². The first-order valence-electron chi connectivity index (χ1n) is 5.10. The Balaban J connectivity index is 2.48. The summed E-state index contributed by atoms with van der Waals surface area (Å²) in [6.07, 6.45) is 0.141. The number of nitrogens with one attached hydrogen (secondary N) is 1. The van der Waals surface area contributed by atoms with Crippen LogP contribution in [-0.2, 0) is 16.4 Å². The van der Waals surface area contributed by atoms with Gasteiger partial charge in [-0.3, -0.25) is 0 Å². The van der Waals surface area contributed by atoms with E-state index in [1.165, 1.54) is 13.1 Å². The number of hydrogen-bond donors (Lipinski definition) is 2. The molecule has 0 fully saturated rings. The van der Waals surface area contributed by atoms with Crippen LogP contribution in [0, 0.1) is 5.82 Å². The second kappa shape index (κ2) is 4.25. The molecular weight excluding hydrogens is 247 g/mol. The molecule has 1 aliphatic rings. The Labute approximate surface area is 98.8 Å². The maximum atomic E-state index is 13.7. The van der Waals surface area contributed by atoms with Crippen molar-refractivity contribution in [3.05, 3.63) is 23.5 Å². The Morgan fingerprint density at radius 2 is 2.29 bits per heavy atom. The maximum absolute atomic E-state index is 13.7. The topological polar surface area (TPSA) is 81.4 Å². The molecule has 3 N–H and O–H groups in total. The minimum Gasteiger partial charge on any atom is -0.485 e. The van der Waals surface area contributed by atoms with Gasteiger partial charge < -0.3 is 10.5 Å². The number of benzene rings is 1. The Kier molecular flexibility index (Phi) is 3.07. The van der Waals surface area contributed by atoms with Gasteiger partial charge in [-0.2, -0.15) is 0 Å². The lowest BCUT2D eigenvalue weighted by atomic mass is 10.1. The molecule has 0 radical (unpaired) electrons. The zero-order chi connectivity index (χ0) is 12.6. The maximum Gasteiger partial charge on any atom is 0.240 e. The number of halogens is 1. The third-order valence-electron chi connectivity index (χ3n) is 2.67. The minimum absolute atomic E-state index is 0.0995. The monoisotopic (exact) mass is 260 g/mol. The van der Waals surface area contributed by atoms with Crippen LogP contribution < -0.4 is 15.2 Å². The van der Waals surface area contributed by atoms with E-state index in [1.54, 1.807) is 0 Å². The van der Waals surface area contributed by atoms with Gasteiger partial charge in [0.2, 0.25) is 10.0 Å². The van der Waals surface area contributed by atoms with E-state index in [-0.39, 0.29) is 23.3 Å². The van der Waals surface area contributed by atoms with Gasteiger partial charge in [0.1, 0.15) is 6.10 Å². The molecule has 1 heterocycles. The van der Waals surface area contributed by atoms with Crippen LogP contribution in [-0.4, -0.2) is 28.1 Å². The molecule has 1 aliphatic heterocycles. The fourth-order valence-corrected chi connectivity index (χ4v) is 2.56. The fraction of sp³-hybridized carbons (Fsp3) is 0.400. The summed E-state index contributed by atoms with van der Waals surface area (Å²) in [4.78, 5) is -0.0995. The highest BCUT2D eigenvalue weighted by Gasteiger charge is 2.27. The lowest BCUT2D eigenvalue weighted by Crippen LogP contribution is -2.24. The highest BCUT2D eigenvalue weighted by molar-refractivity contribution is 7.89. The molecule has 5 nitrogen and oxygen atoms in total. The molecule has 0 saturated heterocycles. The van der Waals surface area contributed by atoms with Crippen LogP contribution in [0.3, 0.4) is 0 Å². The highest BCUT2D eigenvalue weighted by Crippen LogP contribution is 2.33. The Morgan fingerprint density at radius 1 is 1.59 bits per heavy atom. The van der Waals surface area contributed by atoms with Gasteiger partial charge in [0.15, 0.2) is 11.6 Å². The Bertz CT molecular complexity index is 545. The number of ether oxygens (including phenoxy) is 1. The molecular formula is C10H13FN2O3S. The van der Waals surface area contributed by atoms with E-state index in [4.69, 9.17) is 10.5 Å². The van der Waals surface area contributed by atoms with Crippen molar-refractivity contribution in [1.29, 1.82) is 0 Å². The number of rotatable bonds is 3. The third-order valence-corrected chi connectivity index (χ3v) is 4.06. The lowest BCUT2D eigenvalue weighted by molar-refractivity contribution is 0.232. The van der Waals surface area contributed by atoms with Crippen molar-refractivity contribution in [2.24, 2.45) is 5.73 Å². The minimum atomic E-state index is -3.64. The smallest absolute Gasteiger partial charge is 0.240 e. The normalized spacial score (nSPS) is 18.9. The van der Waals surface area contributed by atoms with Crippen LogP contribution in [0.5, 0.6) is 5.75 Å². The predicted molar refractivity (Wildman–Crippen MR) is 59.8 cm³/mol. The van der Waals surface area contributed by atoms with E-state index in [9.17, 15) is 12.8 Å². The molecule has 7 heteroatoms. The zero-order valence-corrected chi connectivity index (χ0v) is 10.1. The number of fused-ring (bicyclic) bond motifs is 1. The second-order valence-corrected chi connectivity index (χ2v) is 5.67. The average molecular weight is 260 g/mol. The van der Waals surface area contributed by atoms with Gasteiger partial charge in [-0.25, -0.2) is 17.5 Å². The summed E-state index contributed by atoms with van der Waals surface area (Å²) in [7, 11) is -2.37. The molecule has 2 rings (SSSR count). The van der Waals surface area contributed by atoms with Gasteiger partial charge >= 0.3 is 0 Å². The first-order chi connectivity index (χ1) is 7.97. The Morgan fingerprint density at radius 3 is 2.88 bits per heavy atom. The van der Waals surface area contributed by atoms with E-state index in [0.29, 0.717) is 12.0 Å². The summed E-state index contributed by atoms with van der Waals surface area (Å²) in [5.41, 5.74) is 5.97. The molecule has 1 atom stereocenters. The molecule has 0 saturated carbocycles. The third kappa shape index (κ3) is 2.13. The largest absolute Gasteiger partial charge is 0.485 e. The van der Waals surface area contributed by atoms with E-state index < -0.39 is 15.8 Å². The molecule has 1 aromatic carbocycles. The summed E-state index contributed by atoms with van der Waals surface area (Å²) in [5, 5.41) is 0. The summed E-state index contributed by atoms with van der Waals surface area (Å²) in [6.45, 7) is 0.266. The van der Waals surface area contributed by atoms with Crippen molar-refractivity contribution in [3.8, 4) is 5.75 Å². The molecule has 0 aromatic heterocycles. The van der Waals surface area contributed by atoms with Crippen LogP contribution in [0.4, 0.5) is 4.39 Å². The quantitative estimate of drug-likeness (QED) is 0.801. The van der Waals surface area contributed by atoms with E-state index in [2.05, 4.69) is 4.72 Å². The first-order valence-corrected chi connectivity index (χ1v) is 6.59. The first kappa shape index (κ1) is 12.3. The number of sulfonamides is 1. The molecule has 0 spiro atoms. The van der Waals surface area contributed by atoms with Gasteiger partial charge in [-0.1, -0.05) is 0 Å². The lowest BCUT2D eigenvalue weighted by Gasteiger charge is -2.07. The van der Waals surface area contributed by atoms with Crippen molar-refractivity contribution in [3.63, 3.8) is 0 Å². The molecule has 1 unspecified atom stereocenters. The van der Waals surface area contributed by atoms with Crippen LogP contribution in [0.15, 0.2) is 17.0 Å². The van der Waals surface area contributed by atoms with Gasteiger partial charge in [0.05, 0.1) is 4.90 Å². The SMILES string of the molecule is CNS(=O)(=O)c1cc(F)c2c(c1)CC(CN)O2. The predicted octanol–water partition coefficient (Wildman–Crippen LogP) is -0.00400. The van der Waals surface area contributed by atoms with Gasteiger partial charge in [0, 0.05) is 18.5 Å². The van der Waals surface area contributed by atoms with Crippen molar-refractivity contribution < 1.29 is 17.5 Å². The van der Waals surface area contributed by atoms with E-state index in [1.807, 2.05) is 0 Å². The standard InChI is InChI=1S/C10H13FN2O3S/c1-13-17(14,15)8-3-6-2-7(5-12)16-10(6)9(11)4-8/h3-4,7,13H,2,5,12H2,1H3. The summed E-state index contributed by atoms with van der Waals surface area (Å²) in [5.74, 6) is -0.567. The number of hydrogen-bond acceptors (Lipinski definition) is 4. The Hall–Kier alpha value is -1.18. The molecule has 1 aromatic rings. The van der Waals surface area contributed by atoms with Crippen molar-refractivity contribution in [1.82, 2.24) is 4.72 Å². The van der Waals surface area contributed by atoms with Crippen LogP contribution >= 0.6 is 0 Å². The van der Waals surface area contributed by atoms with Crippen LogP contribution in [0.2, 0.25) is 0 Å². The van der Waals surface area contributed by atoms with Gasteiger partial charge in [0.25, 0.3) is 0 Å². The summed E-state index contributed by atoms with van der Waals surface area (Å²) in [6, 6.07) is 2.36. The van der Waals surface area contributed by atoms with E-state index >= 15 is 0 Å². The van der Waals surface area contributed by atoms with Crippen molar-refractivity contribution >= 4 is 10.0 Å². The number of nitrogens with two attached hydrogens (primary N) is 1. The zero-order valence-electron chi connectivity index (χ0n) is 9.23. The second-order valence-electron chi connectivity index (χ2n) is 3.78. The summed E-state index contributed by atoms with van der Waals surface area (Å²) < 4.78 is 44.2.